The van der Waals surface area contributed by atoms with Crippen molar-refractivity contribution in [2.75, 3.05) is 14.2 Å². The van der Waals surface area contributed by atoms with E-state index >= 15 is 0 Å². The van der Waals surface area contributed by atoms with E-state index < -0.39 is 5.97 Å². The average molecular weight is 340 g/mol. The number of rotatable bonds is 8. The number of aliphatic carboxylic acids is 1. The summed E-state index contributed by atoms with van der Waals surface area (Å²) in [5.74, 6) is -0.0284. The van der Waals surface area contributed by atoms with E-state index in [4.69, 9.17) is 14.6 Å². The first-order valence-electron chi connectivity index (χ1n) is 7.27. The largest absolute Gasteiger partial charge is 0.481 e. The highest BCUT2D eigenvalue weighted by molar-refractivity contribution is 8.02. The lowest BCUT2D eigenvalue weighted by atomic mass is 9.88. The van der Waals surface area contributed by atoms with Crippen LogP contribution in [0.1, 0.15) is 40.0 Å². The number of carboxylic acid groups (broad SMARTS) is 1. The van der Waals surface area contributed by atoms with Gasteiger partial charge in [-0.05, 0) is 23.7 Å². The van der Waals surface area contributed by atoms with Gasteiger partial charge in [-0.3, -0.25) is 4.79 Å². The molecule has 1 N–H and O–H groups in total. The number of hydrogen-bond acceptors (Lipinski definition) is 6. The lowest BCUT2D eigenvalue weighted by molar-refractivity contribution is -0.136. The van der Waals surface area contributed by atoms with E-state index in [1.54, 1.807) is 6.07 Å². The van der Waals surface area contributed by atoms with Gasteiger partial charge in [-0.15, -0.1) is 0 Å². The Hall–Kier alpha value is -1.76. The zero-order chi connectivity index (χ0) is 17.5. The molecule has 128 valence electrons. The first-order valence-corrected chi connectivity index (χ1v) is 8.15. The molecule has 1 aromatic rings. The Bertz CT molecular complexity index is 545. The van der Waals surface area contributed by atoms with Crippen LogP contribution in [0.25, 0.3) is 0 Å². The Morgan fingerprint density at radius 3 is 2.26 bits per heavy atom. The van der Waals surface area contributed by atoms with Crippen molar-refractivity contribution in [3.8, 4) is 11.8 Å². The summed E-state index contributed by atoms with van der Waals surface area (Å²) in [5, 5.41) is 11.3. The molecule has 0 fully saturated rings. The maximum Gasteiger partial charge on any atom is 0.307 e. The maximum atomic E-state index is 11.0. The first kappa shape index (κ1) is 19.3. The predicted molar refractivity (Wildman–Crippen MR) is 90.0 cm³/mol. The van der Waals surface area contributed by atoms with Crippen molar-refractivity contribution >= 4 is 17.7 Å². The second-order valence-electron chi connectivity index (χ2n) is 6.26. The Kier molecular flexibility index (Phi) is 7.35. The summed E-state index contributed by atoms with van der Waals surface area (Å²) < 4.78 is 10.2. The highest BCUT2D eigenvalue weighted by Gasteiger charge is 2.13. The Labute approximate surface area is 141 Å². The number of ether oxygens (including phenoxy) is 2. The van der Waals surface area contributed by atoms with Crippen molar-refractivity contribution in [3.05, 3.63) is 17.0 Å². The van der Waals surface area contributed by atoms with Gasteiger partial charge >= 0.3 is 5.97 Å². The molecule has 0 aromatic carbocycles. The van der Waals surface area contributed by atoms with Gasteiger partial charge in [0.2, 0.25) is 11.8 Å². The van der Waals surface area contributed by atoms with Gasteiger partial charge in [0, 0.05) is 0 Å². The molecule has 1 rings (SSSR count). The van der Waals surface area contributed by atoms with Crippen LogP contribution in [-0.4, -0.2) is 35.3 Å². The number of hydrogen-bond donors (Lipinski definition) is 1. The zero-order valence-corrected chi connectivity index (χ0v) is 15.1. The van der Waals surface area contributed by atoms with E-state index in [-0.39, 0.29) is 11.8 Å². The van der Waals surface area contributed by atoms with Crippen LogP contribution in [0.15, 0.2) is 22.2 Å². The molecule has 6 nitrogen and oxygen atoms in total. The Morgan fingerprint density at radius 1 is 1.26 bits per heavy atom. The zero-order valence-electron chi connectivity index (χ0n) is 14.3. The van der Waals surface area contributed by atoms with Gasteiger partial charge in [0.05, 0.1) is 26.7 Å². The summed E-state index contributed by atoms with van der Waals surface area (Å²) in [5.41, 5.74) is 1.00. The second kappa shape index (κ2) is 8.76. The van der Waals surface area contributed by atoms with Gasteiger partial charge < -0.3 is 14.6 Å². The van der Waals surface area contributed by atoms with E-state index in [1.807, 2.05) is 5.41 Å². The molecule has 0 aliphatic heterocycles. The second-order valence-corrected chi connectivity index (χ2v) is 7.10. The third kappa shape index (κ3) is 7.88. The van der Waals surface area contributed by atoms with Crippen LogP contribution in [-0.2, 0) is 4.79 Å². The molecule has 0 aliphatic carbocycles. The van der Waals surface area contributed by atoms with E-state index in [2.05, 4.69) is 30.7 Å². The van der Waals surface area contributed by atoms with Crippen molar-refractivity contribution in [1.82, 2.24) is 9.97 Å². The number of aromatic nitrogens is 2. The van der Waals surface area contributed by atoms with Crippen LogP contribution >= 0.6 is 11.8 Å². The quantitative estimate of drug-likeness (QED) is 0.570. The van der Waals surface area contributed by atoms with Crippen LogP contribution < -0.4 is 9.47 Å². The lowest BCUT2D eigenvalue weighted by Gasteiger charge is -2.18. The molecular formula is C16H24N2O4S. The molecule has 7 heteroatoms. The molecule has 23 heavy (non-hydrogen) atoms. The van der Waals surface area contributed by atoms with Crippen molar-refractivity contribution in [2.45, 2.75) is 45.2 Å². The molecule has 0 saturated carbocycles. The molecule has 0 spiro atoms. The van der Waals surface area contributed by atoms with Crippen LogP contribution in [0.5, 0.6) is 11.8 Å². The summed E-state index contributed by atoms with van der Waals surface area (Å²) in [7, 11) is 3.04. The van der Waals surface area contributed by atoms with Crippen LogP contribution in [0.2, 0.25) is 0 Å². The summed E-state index contributed by atoms with van der Waals surface area (Å²) in [6.07, 6.45) is 1.66. The minimum absolute atomic E-state index is 0.0180. The van der Waals surface area contributed by atoms with Crippen LogP contribution in [0, 0.1) is 5.41 Å². The smallest absolute Gasteiger partial charge is 0.307 e. The highest BCUT2D eigenvalue weighted by atomic mass is 32.2. The number of carbonyl (C=O) groups is 1. The molecule has 1 aromatic heterocycles. The Morgan fingerprint density at radius 2 is 1.83 bits per heavy atom. The molecule has 0 amide bonds. The standard InChI is InChI=1S/C16H24N2O4S/c1-16(2,3)7-6-11(8-14(19)20)10-23-15-17-12(21-4)9-13(18-15)22-5/h9-10H,6-8H2,1-5H3,(H,19,20). The lowest BCUT2D eigenvalue weighted by Crippen LogP contribution is -2.06. The van der Waals surface area contributed by atoms with Gasteiger partial charge in [0.25, 0.3) is 0 Å². The fraction of sp³-hybridized carbons (Fsp3) is 0.562. The predicted octanol–water partition coefficient (Wildman–Crippen LogP) is 3.77. The van der Waals surface area contributed by atoms with Gasteiger partial charge in [-0.2, -0.15) is 9.97 Å². The van der Waals surface area contributed by atoms with Gasteiger partial charge in [0.1, 0.15) is 0 Å². The minimum atomic E-state index is -0.838. The molecule has 0 unspecified atom stereocenters. The SMILES string of the molecule is COc1cc(OC)nc(SC=C(CCC(C)(C)C)CC(=O)O)n1. The van der Waals surface area contributed by atoms with Gasteiger partial charge in [-0.1, -0.05) is 38.1 Å². The number of carboxylic acids is 1. The Balaban J connectivity index is 2.88. The summed E-state index contributed by atoms with van der Waals surface area (Å²) >= 11 is 1.27. The van der Waals surface area contributed by atoms with Crippen LogP contribution in [0.4, 0.5) is 0 Å². The topological polar surface area (TPSA) is 81.5 Å². The van der Waals surface area contributed by atoms with Crippen molar-refractivity contribution in [3.63, 3.8) is 0 Å². The molecule has 0 atom stereocenters. The molecule has 0 bridgehead atoms. The number of nitrogens with zero attached hydrogens (tertiary/aromatic N) is 2. The monoisotopic (exact) mass is 340 g/mol. The van der Waals surface area contributed by atoms with Crippen molar-refractivity contribution < 1.29 is 19.4 Å². The third-order valence-corrected chi connectivity index (χ3v) is 3.83. The maximum absolute atomic E-state index is 11.0. The third-order valence-electron chi connectivity index (χ3n) is 2.98. The van der Waals surface area contributed by atoms with Crippen LogP contribution in [0.3, 0.4) is 0 Å². The highest BCUT2D eigenvalue weighted by Crippen LogP contribution is 2.28. The van der Waals surface area contributed by atoms with E-state index in [1.165, 1.54) is 26.0 Å². The fourth-order valence-corrected chi connectivity index (χ4v) is 2.46. The van der Waals surface area contributed by atoms with E-state index in [0.29, 0.717) is 16.9 Å². The number of thioether (sulfide) groups is 1. The van der Waals surface area contributed by atoms with Gasteiger partial charge in [-0.25, -0.2) is 0 Å². The summed E-state index contributed by atoms with van der Waals surface area (Å²) in [4.78, 5) is 19.5. The first-order chi connectivity index (χ1) is 10.7. The summed E-state index contributed by atoms with van der Waals surface area (Å²) in [6.45, 7) is 6.40. The van der Waals surface area contributed by atoms with Crippen molar-refractivity contribution in [2.24, 2.45) is 5.41 Å². The normalized spacial score (nSPS) is 12.1. The molecule has 0 radical (unpaired) electrons. The summed E-state index contributed by atoms with van der Waals surface area (Å²) in [6, 6.07) is 1.59. The van der Waals surface area contributed by atoms with Gasteiger partial charge in [0.15, 0.2) is 5.16 Å². The average Bonchev–Trinajstić information content (AvgIpc) is 2.48. The molecule has 0 saturated heterocycles. The number of methoxy groups -OCH3 is 2. The van der Waals surface area contributed by atoms with E-state index in [9.17, 15) is 4.79 Å². The van der Waals surface area contributed by atoms with E-state index in [0.717, 1.165) is 18.4 Å². The fourth-order valence-electron chi connectivity index (χ4n) is 1.70. The minimum Gasteiger partial charge on any atom is -0.481 e. The van der Waals surface area contributed by atoms with Crippen molar-refractivity contribution in [1.29, 1.82) is 0 Å². The molecule has 0 aliphatic rings. The molecular weight excluding hydrogens is 316 g/mol. The molecule has 1 heterocycles.